The molecule has 28 heavy (non-hydrogen) atoms. The lowest BCUT2D eigenvalue weighted by Gasteiger charge is -2.19. The second kappa shape index (κ2) is 9.07. The van der Waals surface area contributed by atoms with Gasteiger partial charge in [0.1, 0.15) is 11.5 Å². The van der Waals surface area contributed by atoms with E-state index >= 15 is 0 Å². The summed E-state index contributed by atoms with van der Waals surface area (Å²) in [4.78, 5) is 19.1. The molecule has 3 aromatic rings. The van der Waals surface area contributed by atoms with Crippen molar-refractivity contribution in [1.82, 2.24) is 4.98 Å². The number of halogens is 1. The van der Waals surface area contributed by atoms with E-state index in [1.807, 2.05) is 36.6 Å². The van der Waals surface area contributed by atoms with E-state index < -0.39 is 0 Å². The van der Waals surface area contributed by atoms with Crippen molar-refractivity contribution in [2.45, 2.75) is 6.92 Å². The smallest absolute Gasteiger partial charge is 0.328 e. The molecule has 0 aliphatic rings. The number of amides is 2. The van der Waals surface area contributed by atoms with Crippen LogP contribution in [0.1, 0.15) is 6.92 Å². The molecule has 146 valence electrons. The first-order valence-electron chi connectivity index (χ1n) is 8.57. The van der Waals surface area contributed by atoms with Crippen LogP contribution in [0.3, 0.4) is 0 Å². The summed E-state index contributed by atoms with van der Waals surface area (Å²) in [5.74, 6) is 1.19. The minimum absolute atomic E-state index is 0.286. The highest BCUT2D eigenvalue weighted by molar-refractivity contribution is 9.10. The van der Waals surface area contributed by atoms with E-state index in [0.29, 0.717) is 28.9 Å². The van der Waals surface area contributed by atoms with Gasteiger partial charge in [0.05, 0.1) is 25.6 Å². The maximum Gasteiger partial charge on any atom is 0.328 e. The van der Waals surface area contributed by atoms with E-state index in [1.165, 1.54) is 11.3 Å². The summed E-state index contributed by atoms with van der Waals surface area (Å²) in [6.45, 7) is 2.38. The Labute approximate surface area is 176 Å². The number of carbonyl (C=O) groups is 1. The number of urea groups is 1. The number of nitrogens with one attached hydrogen (secondary N) is 1. The SMILES string of the molecule is CCN(C(=O)Nc1cc(OC)ccc1OC)c1nc(-c2ccc(Br)cc2)cs1. The van der Waals surface area contributed by atoms with Crippen molar-refractivity contribution in [3.05, 3.63) is 52.3 Å². The number of hydrogen-bond acceptors (Lipinski definition) is 5. The second-order valence-electron chi connectivity index (χ2n) is 5.76. The van der Waals surface area contributed by atoms with Crippen molar-refractivity contribution in [2.75, 3.05) is 31.0 Å². The number of rotatable bonds is 6. The van der Waals surface area contributed by atoms with Crippen molar-refractivity contribution in [3.8, 4) is 22.8 Å². The topological polar surface area (TPSA) is 63.7 Å². The molecular formula is C20H20BrN3O3S. The molecule has 0 fully saturated rings. The molecule has 3 rings (SSSR count). The fourth-order valence-electron chi connectivity index (χ4n) is 2.60. The van der Waals surface area contributed by atoms with Gasteiger partial charge in [-0.15, -0.1) is 11.3 Å². The molecule has 2 amide bonds. The van der Waals surface area contributed by atoms with Crippen LogP contribution < -0.4 is 19.7 Å². The number of hydrogen-bond donors (Lipinski definition) is 1. The van der Waals surface area contributed by atoms with Gasteiger partial charge in [-0.1, -0.05) is 28.1 Å². The van der Waals surface area contributed by atoms with Gasteiger partial charge in [-0.3, -0.25) is 4.90 Å². The number of thiazole rings is 1. The maximum absolute atomic E-state index is 12.9. The molecule has 0 radical (unpaired) electrons. The molecule has 6 nitrogen and oxygen atoms in total. The van der Waals surface area contributed by atoms with Crippen LogP contribution in [0.25, 0.3) is 11.3 Å². The quantitative estimate of drug-likeness (QED) is 0.515. The second-order valence-corrected chi connectivity index (χ2v) is 7.52. The lowest BCUT2D eigenvalue weighted by molar-refractivity contribution is 0.257. The fraction of sp³-hybridized carbons (Fsp3) is 0.200. The van der Waals surface area contributed by atoms with Gasteiger partial charge in [0.2, 0.25) is 0 Å². The maximum atomic E-state index is 12.9. The highest BCUT2D eigenvalue weighted by Gasteiger charge is 2.19. The van der Waals surface area contributed by atoms with Crippen molar-refractivity contribution in [1.29, 1.82) is 0 Å². The standard InChI is InChI=1S/C20H20BrN3O3S/c1-4-24(19(25)22-16-11-15(26-2)9-10-18(16)27-3)20-23-17(12-28-20)13-5-7-14(21)8-6-13/h5-12H,4H2,1-3H3,(H,22,25). The van der Waals surface area contributed by atoms with Crippen LogP contribution in [0.15, 0.2) is 52.3 Å². The molecular weight excluding hydrogens is 442 g/mol. The zero-order chi connectivity index (χ0) is 20.1. The van der Waals surface area contributed by atoms with Gasteiger partial charge in [0, 0.05) is 28.0 Å². The highest BCUT2D eigenvalue weighted by atomic mass is 79.9. The minimum Gasteiger partial charge on any atom is -0.497 e. The molecule has 1 N–H and O–H groups in total. The van der Waals surface area contributed by atoms with Crippen LogP contribution in [0, 0.1) is 0 Å². The van der Waals surface area contributed by atoms with E-state index in [0.717, 1.165) is 15.7 Å². The lowest BCUT2D eigenvalue weighted by atomic mass is 10.2. The molecule has 0 aliphatic carbocycles. The summed E-state index contributed by atoms with van der Waals surface area (Å²) in [6.07, 6.45) is 0. The first-order chi connectivity index (χ1) is 13.5. The summed E-state index contributed by atoms with van der Waals surface area (Å²) < 4.78 is 11.6. The Balaban J connectivity index is 1.82. The average molecular weight is 462 g/mol. The molecule has 1 aromatic heterocycles. The van der Waals surface area contributed by atoms with Crippen LogP contribution in [0.2, 0.25) is 0 Å². The molecule has 0 atom stereocenters. The molecule has 0 bridgehead atoms. The number of anilines is 2. The van der Waals surface area contributed by atoms with Crippen LogP contribution in [-0.4, -0.2) is 31.8 Å². The zero-order valence-corrected chi connectivity index (χ0v) is 18.1. The summed E-state index contributed by atoms with van der Waals surface area (Å²) >= 11 is 4.86. The minimum atomic E-state index is -0.286. The molecule has 0 saturated heterocycles. The number of nitrogens with zero attached hydrogens (tertiary/aromatic N) is 2. The Morgan fingerprint density at radius 3 is 2.57 bits per heavy atom. The van der Waals surface area contributed by atoms with Crippen molar-refractivity contribution in [2.24, 2.45) is 0 Å². The Kier molecular flexibility index (Phi) is 6.53. The molecule has 1 heterocycles. The predicted octanol–water partition coefficient (Wildman–Crippen LogP) is 5.65. The summed E-state index contributed by atoms with van der Waals surface area (Å²) in [5.41, 5.74) is 2.37. The third-order valence-electron chi connectivity index (χ3n) is 4.07. The van der Waals surface area contributed by atoms with Crippen LogP contribution in [0.4, 0.5) is 15.6 Å². The normalized spacial score (nSPS) is 10.4. The zero-order valence-electron chi connectivity index (χ0n) is 15.7. The summed E-state index contributed by atoms with van der Waals surface area (Å²) in [5, 5.41) is 5.45. The van der Waals surface area contributed by atoms with Gasteiger partial charge in [-0.2, -0.15) is 0 Å². The van der Waals surface area contributed by atoms with E-state index in [4.69, 9.17) is 9.47 Å². The third kappa shape index (κ3) is 4.45. The first-order valence-corrected chi connectivity index (χ1v) is 10.2. The van der Waals surface area contributed by atoms with Crippen LogP contribution in [-0.2, 0) is 0 Å². The van der Waals surface area contributed by atoms with Gasteiger partial charge < -0.3 is 14.8 Å². The van der Waals surface area contributed by atoms with E-state index in [1.54, 1.807) is 37.3 Å². The molecule has 2 aromatic carbocycles. The van der Waals surface area contributed by atoms with E-state index in [-0.39, 0.29) is 6.03 Å². The Hall–Kier alpha value is -2.58. The van der Waals surface area contributed by atoms with Crippen molar-refractivity contribution < 1.29 is 14.3 Å². The number of methoxy groups -OCH3 is 2. The first kappa shape index (κ1) is 20.2. The number of ether oxygens (including phenoxy) is 2. The largest absolute Gasteiger partial charge is 0.497 e. The molecule has 0 unspecified atom stereocenters. The summed E-state index contributed by atoms with van der Waals surface area (Å²) in [6, 6.07) is 12.9. The third-order valence-corrected chi connectivity index (χ3v) is 5.46. The van der Waals surface area contributed by atoms with Gasteiger partial charge in [0.15, 0.2) is 5.13 Å². The van der Waals surface area contributed by atoms with Crippen molar-refractivity contribution in [3.63, 3.8) is 0 Å². The molecule has 0 aliphatic heterocycles. The van der Waals surface area contributed by atoms with Gasteiger partial charge >= 0.3 is 6.03 Å². The Morgan fingerprint density at radius 1 is 1.18 bits per heavy atom. The van der Waals surface area contributed by atoms with Crippen LogP contribution in [0.5, 0.6) is 11.5 Å². The Bertz CT molecular complexity index is 960. The lowest BCUT2D eigenvalue weighted by Crippen LogP contribution is -2.34. The number of benzene rings is 2. The van der Waals surface area contributed by atoms with E-state index in [9.17, 15) is 4.79 Å². The molecule has 8 heteroatoms. The van der Waals surface area contributed by atoms with Crippen molar-refractivity contribution >= 4 is 44.1 Å². The predicted molar refractivity (Wildman–Crippen MR) is 117 cm³/mol. The van der Waals surface area contributed by atoms with Gasteiger partial charge in [-0.05, 0) is 31.2 Å². The highest BCUT2D eigenvalue weighted by Crippen LogP contribution is 2.31. The average Bonchev–Trinajstić information content (AvgIpc) is 3.18. The number of carbonyl (C=O) groups excluding carboxylic acids is 1. The van der Waals surface area contributed by atoms with Gasteiger partial charge in [0.25, 0.3) is 0 Å². The monoisotopic (exact) mass is 461 g/mol. The van der Waals surface area contributed by atoms with Crippen LogP contribution >= 0.6 is 27.3 Å². The molecule has 0 spiro atoms. The fourth-order valence-corrected chi connectivity index (χ4v) is 3.76. The number of aromatic nitrogens is 1. The van der Waals surface area contributed by atoms with Gasteiger partial charge in [-0.25, -0.2) is 9.78 Å². The Morgan fingerprint density at radius 2 is 1.93 bits per heavy atom. The summed E-state index contributed by atoms with van der Waals surface area (Å²) in [7, 11) is 3.13. The van der Waals surface area contributed by atoms with E-state index in [2.05, 4.69) is 26.2 Å². The molecule has 0 saturated carbocycles.